The van der Waals surface area contributed by atoms with Crippen LogP contribution in [0.25, 0.3) is 0 Å². The average molecular weight is 313 g/mol. The standard InChI is InChI=1S/C13H15ClN3O2S/c1-10(17-7-3-2-4-8-17)16-20(18,19)11-5-6-13(15)12(14)9-11/h2-10,16H,15H2,1H3/q+1. The number of hydrogen-bond acceptors (Lipinski definition) is 3. The van der Waals surface area contributed by atoms with Gasteiger partial charge in [-0.1, -0.05) is 17.7 Å². The summed E-state index contributed by atoms with van der Waals surface area (Å²) in [5, 5.41) is 0.216. The van der Waals surface area contributed by atoms with Gasteiger partial charge in [0.1, 0.15) is 0 Å². The summed E-state index contributed by atoms with van der Waals surface area (Å²) in [5.41, 5.74) is 5.92. The lowest BCUT2D eigenvalue weighted by Gasteiger charge is -2.11. The summed E-state index contributed by atoms with van der Waals surface area (Å²) in [6, 6.07) is 9.73. The van der Waals surface area contributed by atoms with Crippen LogP contribution in [-0.2, 0) is 10.0 Å². The second-order valence-corrected chi connectivity index (χ2v) is 6.42. The second kappa shape index (κ2) is 5.78. The van der Waals surface area contributed by atoms with Crippen molar-refractivity contribution in [3.63, 3.8) is 0 Å². The monoisotopic (exact) mass is 312 g/mol. The second-order valence-electron chi connectivity index (χ2n) is 4.30. The van der Waals surface area contributed by atoms with Gasteiger partial charge >= 0.3 is 0 Å². The zero-order valence-corrected chi connectivity index (χ0v) is 12.4. The first-order valence-electron chi connectivity index (χ1n) is 5.93. The van der Waals surface area contributed by atoms with Crippen LogP contribution >= 0.6 is 11.6 Å². The first-order chi connectivity index (χ1) is 9.40. The molecule has 0 aliphatic rings. The van der Waals surface area contributed by atoms with Crippen molar-refractivity contribution in [2.45, 2.75) is 18.0 Å². The molecule has 1 unspecified atom stereocenters. The van der Waals surface area contributed by atoms with Gasteiger partial charge in [-0.25, -0.2) is 8.42 Å². The number of nitrogens with two attached hydrogens (primary N) is 1. The van der Waals surface area contributed by atoms with E-state index in [1.165, 1.54) is 18.2 Å². The van der Waals surface area contributed by atoms with Gasteiger partial charge in [0.25, 0.3) is 0 Å². The Balaban J connectivity index is 2.25. The molecule has 0 bridgehead atoms. The lowest BCUT2D eigenvalue weighted by atomic mass is 10.3. The number of pyridine rings is 1. The number of sulfonamides is 1. The molecule has 0 aliphatic heterocycles. The number of hydrogen-bond donors (Lipinski definition) is 2. The highest BCUT2D eigenvalue weighted by Crippen LogP contribution is 2.22. The highest BCUT2D eigenvalue weighted by Gasteiger charge is 2.22. The number of halogens is 1. The Labute approximate surface area is 123 Å². The maximum atomic E-state index is 12.3. The van der Waals surface area contributed by atoms with Gasteiger partial charge in [-0.2, -0.15) is 4.57 Å². The third kappa shape index (κ3) is 3.27. The predicted octanol–water partition coefficient (Wildman–Crippen LogP) is 1.71. The van der Waals surface area contributed by atoms with Crippen LogP contribution in [0.2, 0.25) is 5.02 Å². The number of benzene rings is 1. The van der Waals surface area contributed by atoms with Crippen LogP contribution in [0.3, 0.4) is 0 Å². The molecule has 1 heterocycles. The smallest absolute Gasteiger partial charge is 0.245 e. The summed E-state index contributed by atoms with van der Waals surface area (Å²) < 4.78 is 28.8. The number of aromatic nitrogens is 1. The average Bonchev–Trinajstić information content (AvgIpc) is 2.42. The Morgan fingerprint density at radius 1 is 1.25 bits per heavy atom. The Hall–Kier alpha value is -1.63. The van der Waals surface area contributed by atoms with Crippen LogP contribution in [0.1, 0.15) is 13.1 Å². The van der Waals surface area contributed by atoms with Gasteiger partial charge in [-0.15, -0.1) is 4.72 Å². The Morgan fingerprint density at radius 2 is 1.90 bits per heavy atom. The molecule has 0 aliphatic carbocycles. The molecule has 0 saturated heterocycles. The summed E-state index contributed by atoms with van der Waals surface area (Å²) in [5.74, 6) is 0. The van der Waals surface area contributed by atoms with Crippen LogP contribution in [0.5, 0.6) is 0 Å². The zero-order valence-electron chi connectivity index (χ0n) is 10.8. The van der Waals surface area contributed by atoms with Crippen molar-refractivity contribution in [3.05, 3.63) is 53.8 Å². The van der Waals surface area contributed by atoms with Crippen LogP contribution in [-0.4, -0.2) is 8.42 Å². The van der Waals surface area contributed by atoms with Crippen molar-refractivity contribution in [1.29, 1.82) is 0 Å². The summed E-state index contributed by atoms with van der Waals surface area (Å²) in [6.45, 7) is 1.75. The van der Waals surface area contributed by atoms with E-state index in [1.807, 2.05) is 18.2 Å². The van der Waals surface area contributed by atoms with E-state index >= 15 is 0 Å². The lowest BCUT2D eigenvalue weighted by Crippen LogP contribution is -2.47. The molecule has 3 N–H and O–H groups in total. The summed E-state index contributed by atoms with van der Waals surface area (Å²) in [4.78, 5) is 0.0834. The van der Waals surface area contributed by atoms with E-state index in [2.05, 4.69) is 4.72 Å². The van der Waals surface area contributed by atoms with Gasteiger partial charge in [0.2, 0.25) is 16.2 Å². The maximum absolute atomic E-state index is 12.3. The van der Waals surface area contributed by atoms with Crippen molar-refractivity contribution in [1.82, 2.24) is 4.72 Å². The molecule has 5 nitrogen and oxygen atoms in total. The molecule has 2 aromatic rings. The quantitative estimate of drug-likeness (QED) is 0.666. The number of rotatable bonds is 4. The highest BCUT2D eigenvalue weighted by molar-refractivity contribution is 7.89. The third-order valence-corrected chi connectivity index (χ3v) is 4.65. The minimum Gasteiger partial charge on any atom is -0.398 e. The van der Waals surface area contributed by atoms with E-state index in [9.17, 15) is 8.42 Å². The Kier molecular flexibility index (Phi) is 4.27. The first-order valence-corrected chi connectivity index (χ1v) is 7.79. The van der Waals surface area contributed by atoms with Crippen molar-refractivity contribution < 1.29 is 13.0 Å². The van der Waals surface area contributed by atoms with Gasteiger partial charge in [0, 0.05) is 19.1 Å². The predicted molar refractivity (Wildman–Crippen MR) is 77.5 cm³/mol. The lowest BCUT2D eigenvalue weighted by molar-refractivity contribution is -0.722. The topological polar surface area (TPSA) is 76.1 Å². The molecule has 0 spiro atoms. The fourth-order valence-corrected chi connectivity index (χ4v) is 3.17. The van der Waals surface area contributed by atoms with Crippen LogP contribution in [0, 0.1) is 0 Å². The molecule has 1 atom stereocenters. The number of nitrogens with zero attached hydrogens (tertiary/aromatic N) is 1. The molecule has 2 rings (SSSR count). The molecule has 20 heavy (non-hydrogen) atoms. The van der Waals surface area contributed by atoms with Gasteiger partial charge in [0.05, 0.1) is 15.6 Å². The first kappa shape index (κ1) is 14.8. The summed E-state index contributed by atoms with van der Waals surface area (Å²) >= 11 is 5.85. The van der Waals surface area contributed by atoms with Crippen molar-refractivity contribution >= 4 is 27.3 Å². The van der Waals surface area contributed by atoms with E-state index in [1.54, 1.807) is 23.9 Å². The minimum atomic E-state index is -3.66. The van der Waals surface area contributed by atoms with Gasteiger partial charge < -0.3 is 5.73 Å². The highest BCUT2D eigenvalue weighted by atomic mass is 35.5. The Bertz CT molecular complexity index is 705. The van der Waals surface area contributed by atoms with Crippen LogP contribution in [0.15, 0.2) is 53.7 Å². The zero-order chi connectivity index (χ0) is 14.8. The summed E-state index contributed by atoms with van der Waals surface area (Å²) in [7, 11) is -3.66. The van der Waals surface area contributed by atoms with Gasteiger partial charge in [-0.3, -0.25) is 0 Å². The molecule has 0 amide bonds. The fourth-order valence-electron chi connectivity index (χ4n) is 1.70. The van der Waals surface area contributed by atoms with Crippen molar-refractivity contribution in [2.24, 2.45) is 0 Å². The van der Waals surface area contributed by atoms with E-state index in [0.717, 1.165) is 0 Å². The molecular weight excluding hydrogens is 298 g/mol. The Morgan fingerprint density at radius 3 is 2.50 bits per heavy atom. The van der Waals surface area contributed by atoms with E-state index in [0.29, 0.717) is 5.69 Å². The number of nitrogens with one attached hydrogen (secondary N) is 1. The van der Waals surface area contributed by atoms with E-state index < -0.39 is 16.2 Å². The largest absolute Gasteiger partial charge is 0.398 e. The van der Waals surface area contributed by atoms with Crippen molar-refractivity contribution in [3.8, 4) is 0 Å². The number of nitrogen functional groups attached to an aromatic ring is 1. The van der Waals surface area contributed by atoms with Crippen LogP contribution in [0.4, 0.5) is 5.69 Å². The SMILES string of the molecule is CC(NS(=O)(=O)c1ccc(N)c(Cl)c1)[n+]1ccccc1. The third-order valence-electron chi connectivity index (χ3n) is 2.79. The minimum absolute atomic E-state index is 0.0834. The molecule has 7 heteroatoms. The molecule has 1 aromatic carbocycles. The maximum Gasteiger partial charge on any atom is 0.245 e. The molecule has 0 saturated carbocycles. The van der Waals surface area contributed by atoms with Gasteiger partial charge in [0.15, 0.2) is 12.4 Å². The normalized spacial score (nSPS) is 13.1. The molecule has 0 radical (unpaired) electrons. The molecule has 106 valence electrons. The van der Waals surface area contributed by atoms with Gasteiger partial charge in [-0.05, 0) is 18.2 Å². The molecule has 0 fully saturated rings. The van der Waals surface area contributed by atoms with E-state index in [4.69, 9.17) is 17.3 Å². The fraction of sp³-hybridized carbons (Fsp3) is 0.154. The molecular formula is C13H15ClN3O2S+. The van der Waals surface area contributed by atoms with E-state index in [-0.39, 0.29) is 9.92 Å². The molecule has 1 aromatic heterocycles. The van der Waals surface area contributed by atoms with Crippen LogP contribution < -0.4 is 15.0 Å². The summed E-state index contributed by atoms with van der Waals surface area (Å²) in [6.07, 6.45) is 3.14. The number of anilines is 1. The van der Waals surface area contributed by atoms with Crippen molar-refractivity contribution in [2.75, 3.05) is 5.73 Å².